The van der Waals surface area contributed by atoms with E-state index in [9.17, 15) is 0 Å². The number of hydrogen-bond donors (Lipinski definition) is 1. The van der Waals surface area contributed by atoms with Gasteiger partial charge in [-0.1, -0.05) is 0 Å². The maximum Gasteiger partial charge on any atom is 0.227 e. The van der Waals surface area contributed by atoms with Gasteiger partial charge in [0.1, 0.15) is 0 Å². The molecule has 0 aromatic carbocycles. The summed E-state index contributed by atoms with van der Waals surface area (Å²) in [5.74, 6) is 1.40. The molecule has 1 N–H and O–H groups in total. The van der Waals surface area contributed by atoms with Crippen molar-refractivity contribution in [2.45, 2.75) is 0 Å². The Morgan fingerprint density at radius 1 is 1.00 bits per heavy atom. The first-order chi connectivity index (χ1) is 13.9. The highest BCUT2D eigenvalue weighted by atomic mass is 16.5. The number of morpholine rings is 1. The minimum atomic E-state index is 0.503. The Kier molecular flexibility index (Phi) is 4.26. The van der Waals surface area contributed by atoms with Crippen LogP contribution in [0.2, 0.25) is 0 Å². The number of nitrogens with one attached hydrogen (secondary N) is 1. The van der Waals surface area contributed by atoms with Gasteiger partial charge in [0.25, 0.3) is 0 Å². The average molecular weight is 374 g/mol. The van der Waals surface area contributed by atoms with Gasteiger partial charge in [0.15, 0.2) is 5.82 Å². The third-order valence-electron chi connectivity index (χ3n) is 4.56. The molecule has 1 aliphatic rings. The summed E-state index contributed by atoms with van der Waals surface area (Å²) in [6.07, 6.45) is 6.95. The van der Waals surface area contributed by atoms with E-state index in [2.05, 4.69) is 35.4 Å². The number of ether oxygens (including phenoxy) is 1. The van der Waals surface area contributed by atoms with Gasteiger partial charge in [0, 0.05) is 31.0 Å². The van der Waals surface area contributed by atoms with E-state index in [1.807, 2.05) is 30.3 Å². The molecule has 9 nitrogen and oxygen atoms in total. The van der Waals surface area contributed by atoms with Gasteiger partial charge in [0.2, 0.25) is 5.95 Å². The van der Waals surface area contributed by atoms with Crippen LogP contribution >= 0.6 is 0 Å². The maximum absolute atomic E-state index is 5.41. The summed E-state index contributed by atoms with van der Waals surface area (Å²) in [7, 11) is 0. The van der Waals surface area contributed by atoms with Gasteiger partial charge in [-0.3, -0.25) is 4.98 Å². The molecule has 4 aromatic heterocycles. The van der Waals surface area contributed by atoms with E-state index in [1.165, 1.54) is 0 Å². The van der Waals surface area contributed by atoms with Crippen LogP contribution in [0.15, 0.2) is 55.1 Å². The molecule has 1 aliphatic heterocycles. The molecular weight excluding hydrogens is 356 g/mol. The quantitative estimate of drug-likeness (QED) is 0.581. The van der Waals surface area contributed by atoms with Crippen LogP contribution in [0, 0.1) is 0 Å². The largest absolute Gasteiger partial charge is 0.378 e. The van der Waals surface area contributed by atoms with E-state index >= 15 is 0 Å². The fraction of sp³-hybridized carbons (Fsp3) is 0.211. The standard InChI is InChI=1S/C19H18N8O/c1-2-14(12-20-6-1)23-19-21-7-5-16(24-19)15-13-22-27-17(15)3-4-18(25-27)26-8-10-28-11-9-26/h1-7,12-13H,8-11H2,(H,21,23,24). The number of nitrogens with zero attached hydrogens (tertiary/aromatic N) is 7. The third-order valence-corrected chi connectivity index (χ3v) is 4.56. The molecule has 140 valence electrons. The Hall–Kier alpha value is -3.59. The van der Waals surface area contributed by atoms with E-state index in [1.54, 1.807) is 29.4 Å². The highest BCUT2D eigenvalue weighted by molar-refractivity contribution is 5.78. The van der Waals surface area contributed by atoms with Crippen molar-refractivity contribution in [3.63, 3.8) is 0 Å². The molecule has 1 saturated heterocycles. The molecule has 0 aliphatic carbocycles. The molecule has 5 rings (SSSR count). The van der Waals surface area contributed by atoms with E-state index in [-0.39, 0.29) is 0 Å². The molecule has 5 heterocycles. The zero-order valence-electron chi connectivity index (χ0n) is 15.1. The molecule has 0 unspecified atom stereocenters. The molecule has 9 heteroatoms. The molecule has 0 amide bonds. The van der Waals surface area contributed by atoms with Crippen molar-refractivity contribution < 1.29 is 4.74 Å². The first-order valence-corrected chi connectivity index (χ1v) is 9.05. The first kappa shape index (κ1) is 16.6. The number of fused-ring (bicyclic) bond motifs is 1. The molecule has 0 atom stereocenters. The van der Waals surface area contributed by atoms with Gasteiger partial charge in [-0.05, 0) is 30.3 Å². The van der Waals surface area contributed by atoms with E-state index in [0.29, 0.717) is 5.95 Å². The minimum absolute atomic E-state index is 0.503. The number of aromatic nitrogens is 6. The van der Waals surface area contributed by atoms with Gasteiger partial charge < -0.3 is 15.0 Å². The second kappa shape index (κ2) is 7.20. The van der Waals surface area contributed by atoms with Crippen molar-refractivity contribution in [3.8, 4) is 11.3 Å². The Morgan fingerprint density at radius 3 is 2.79 bits per heavy atom. The predicted octanol–water partition coefficient (Wildman–Crippen LogP) is 2.16. The lowest BCUT2D eigenvalue weighted by Crippen LogP contribution is -2.37. The molecule has 0 spiro atoms. The summed E-state index contributed by atoms with van der Waals surface area (Å²) in [5, 5.41) is 12.2. The predicted molar refractivity (Wildman–Crippen MR) is 105 cm³/mol. The molecule has 0 saturated carbocycles. The topological polar surface area (TPSA) is 93.4 Å². The summed E-state index contributed by atoms with van der Waals surface area (Å²) in [4.78, 5) is 15.2. The van der Waals surface area contributed by atoms with E-state index < -0.39 is 0 Å². The fourth-order valence-corrected chi connectivity index (χ4v) is 3.16. The summed E-state index contributed by atoms with van der Waals surface area (Å²) in [5.41, 5.74) is 3.40. The van der Waals surface area contributed by atoms with Gasteiger partial charge in [0.05, 0.1) is 42.5 Å². The lowest BCUT2D eigenvalue weighted by molar-refractivity contribution is 0.122. The Bertz CT molecular complexity index is 1090. The van der Waals surface area contributed by atoms with Gasteiger partial charge in [-0.2, -0.15) is 5.10 Å². The van der Waals surface area contributed by atoms with Crippen LogP contribution in [0.3, 0.4) is 0 Å². The smallest absolute Gasteiger partial charge is 0.227 e. The summed E-state index contributed by atoms with van der Waals surface area (Å²) < 4.78 is 7.06. The van der Waals surface area contributed by atoms with Crippen molar-refractivity contribution in [2.75, 3.05) is 36.5 Å². The molecular formula is C19H18N8O. The Balaban J connectivity index is 1.45. The maximum atomic E-state index is 5.41. The van der Waals surface area contributed by atoms with Crippen molar-refractivity contribution in [2.24, 2.45) is 0 Å². The zero-order valence-corrected chi connectivity index (χ0v) is 15.1. The SMILES string of the molecule is c1cncc(Nc2nccc(-c3cnn4nc(N5CCOCC5)ccc34)n2)c1. The van der Waals surface area contributed by atoms with Crippen molar-refractivity contribution in [1.29, 1.82) is 0 Å². The van der Waals surface area contributed by atoms with Crippen LogP contribution in [0.1, 0.15) is 0 Å². The van der Waals surface area contributed by atoms with Crippen LogP contribution in [-0.2, 0) is 4.74 Å². The number of anilines is 3. The number of hydrogen-bond acceptors (Lipinski definition) is 8. The normalized spacial score (nSPS) is 14.4. The molecule has 28 heavy (non-hydrogen) atoms. The lowest BCUT2D eigenvalue weighted by atomic mass is 10.2. The van der Waals surface area contributed by atoms with Crippen molar-refractivity contribution >= 4 is 23.0 Å². The van der Waals surface area contributed by atoms with Crippen LogP contribution in [-0.4, -0.2) is 56.1 Å². The third kappa shape index (κ3) is 3.23. The molecule has 0 bridgehead atoms. The molecule has 1 fully saturated rings. The van der Waals surface area contributed by atoms with Crippen LogP contribution in [0.4, 0.5) is 17.5 Å². The lowest BCUT2D eigenvalue weighted by Gasteiger charge is -2.27. The average Bonchev–Trinajstić information content (AvgIpc) is 3.19. The van der Waals surface area contributed by atoms with Gasteiger partial charge in [-0.15, -0.1) is 9.73 Å². The van der Waals surface area contributed by atoms with Crippen LogP contribution < -0.4 is 10.2 Å². The molecule has 0 radical (unpaired) electrons. The van der Waals surface area contributed by atoms with Gasteiger partial charge in [-0.25, -0.2) is 9.97 Å². The summed E-state index contributed by atoms with van der Waals surface area (Å²) >= 11 is 0. The van der Waals surface area contributed by atoms with Gasteiger partial charge >= 0.3 is 0 Å². The van der Waals surface area contributed by atoms with E-state index in [0.717, 1.165) is 54.6 Å². The fourth-order valence-electron chi connectivity index (χ4n) is 3.16. The Labute approximate surface area is 161 Å². The summed E-state index contributed by atoms with van der Waals surface area (Å²) in [6, 6.07) is 9.67. The molecule has 4 aromatic rings. The first-order valence-electron chi connectivity index (χ1n) is 9.05. The Morgan fingerprint density at radius 2 is 1.93 bits per heavy atom. The highest BCUT2D eigenvalue weighted by Gasteiger charge is 2.15. The monoisotopic (exact) mass is 374 g/mol. The van der Waals surface area contributed by atoms with Crippen molar-refractivity contribution in [1.82, 2.24) is 29.8 Å². The summed E-state index contributed by atoms with van der Waals surface area (Å²) in [6.45, 7) is 3.11. The second-order valence-electron chi connectivity index (χ2n) is 6.36. The highest BCUT2D eigenvalue weighted by Crippen LogP contribution is 2.25. The zero-order chi connectivity index (χ0) is 18.8. The van der Waals surface area contributed by atoms with Crippen molar-refractivity contribution in [3.05, 3.63) is 55.1 Å². The minimum Gasteiger partial charge on any atom is -0.378 e. The van der Waals surface area contributed by atoms with E-state index in [4.69, 9.17) is 4.74 Å². The second-order valence-corrected chi connectivity index (χ2v) is 6.36. The number of pyridine rings is 1. The van der Waals surface area contributed by atoms with Crippen LogP contribution in [0.5, 0.6) is 0 Å². The van der Waals surface area contributed by atoms with Crippen LogP contribution in [0.25, 0.3) is 16.8 Å². The number of rotatable bonds is 4.